The molecule has 2 aliphatic rings. The molecular formula is C25H25FN4O3S. The lowest BCUT2D eigenvalue weighted by molar-refractivity contribution is -0.116. The molecular weight excluding hydrogens is 455 g/mol. The molecule has 7 nitrogen and oxygen atoms in total. The number of hydrogen-bond acceptors (Lipinski definition) is 7. The van der Waals surface area contributed by atoms with Gasteiger partial charge in [0.2, 0.25) is 11.1 Å². The van der Waals surface area contributed by atoms with Crippen molar-refractivity contribution >= 4 is 23.5 Å². The van der Waals surface area contributed by atoms with Gasteiger partial charge in [0.05, 0.1) is 7.11 Å². The molecule has 0 radical (unpaired) electrons. The molecule has 1 atom stereocenters. The molecule has 5 rings (SSSR count). The third-order valence-electron chi connectivity index (χ3n) is 5.97. The predicted molar refractivity (Wildman–Crippen MR) is 128 cm³/mol. The first kappa shape index (κ1) is 22.5. The van der Waals surface area contributed by atoms with Crippen LogP contribution in [0.3, 0.4) is 0 Å². The Labute approximate surface area is 201 Å². The number of carbonyl (C=O) groups is 1. The number of Topliss-reactive ketones (excluding diaryl/α,β-unsaturated/α-hetero) is 1. The molecule has 1 aromatic heterocycles. The second-order valence-electron chi connectivity index (χ2n) is 8.08. The molecule has 3 aromatic rings. The van der Waals surface area contributed by atoms with Crippen LogP contribution >= 0.6 is 11.8 Å². The zero-order chi connectivity index (χ0) is 23.7. The van der Waals surface area contributed by atoms with E-state index in [1.807, 2.05) is 19.1 Å². The van der Waals surface area contributed by atoms with Crippen molar-refractivity contribution in [3.8, 4) is 11.5 Å². The summed E-state index contributed by atoms with van der Waals surface area (Å²) in [6.07, 6.45) is 2.12. The normalized spacial score (nSPS) is 17.1. The number of carbonyl (C=O) groups excluding carboxylic acids is 1. The van der Waals surface area contributed by atoms with Crippen molar-refractivity contribution in [2.45, 2.75) is 44.0 Å². The summed E-state index contributed by atoms with van der Waals surface area (Å²) in [7, 11) is 1.56. The van der Waals surface area contributed by atoms with Crippen LogP contribution in [-0.2, 0) is 11.4 Å². The molecule has 0 amide bonds. The number of rotatable bonds is 7. The number of anilines is 1. The lowest BCUT2D eigenvalue weighted by atomic mass is 9.85. The quantitative estimate of drug-likeness (QED) is 0.469. The minimum absolute atomic E-state index is 0.0777. The largest absolute Gasteiger partial charge is 0.493 e. The van der Waals surface area contributed by atoms with Crippen molar-refractivity contribution in [2.24, 2.45) is 0 Å². The van der Waals surface area contributed by atoms with Crippen molar-refractivity contribution in [1.82, 2.24) is 14.8 Å². The second kappa shape index (κ2) is 9.50. The zero-order valence-corrected chi connectivity index (χ0v) is 19.8. The summed E-state index contributed by atoms with van der Waals surface area (Å²) in [5.74, 6) is 2.28. The van der Waals surface area contributed by atoms with Gasteiger partial charge in [0.1, 0.15) is 18.5 Å². The Kier molecular flexibility index (Phi) is 6.28. The molecule has 9 heteroatoms. The topological polar surface area (TPSA) is 78.3 Å². The van der Waals surface area contributed by atoms with Crippen LogP contribution in [0.5, 0.6) is 11.5 Å². The number of thioether (sulfide) groups is 1. The van der Waals surface area contributed by atoms with Gasteiger partial charge in [-0.2, -0.15) is 4.98 Å². The van der Waals surface area contributed by atoms with Crippen molar-refractivity contribution in [3.63, 3.8) is 0 Å². The third-order valence-corrected chi connectivity index (χ3v) is 6.69. The van der Waals surface area contributed by atoms with E-state index in [-0.39, 0.29) is 18.2 Å². The van der Waals surface area contributed by atoms with E-state index in [2.05, 4.69) is 10.3 Å². The van der Waals surface area contributed by atoms with E-state index in [4.69, 9.17) is 14.6 Å². The summed E-state index contributed by atoms with van der Waals surface area (Å²) in [6.45, 7) is 2.13. The Morgan fingerprint density at radius 1 is 1.21 bits per heavy atom. The lowest BCUT2D eigenvalue weighted by Gasteiger charge is -2.32. The van der Waals surface area contributed by atoms with E-state index in [9.17, 15) is 9.18 Å². The summed E-state index contributed by atoms with van der Waals surface area (Å²) in [4.78, 5) is 17.6. The number of benzene rings is 2. The molecule has 0 bridgehead atoms. The van der Waals surface area contributed by atoms with Gasteiger partial charge < -0.3 is 14.8 Å². The predicted octanol–water partition coefficient (Wildman–Crippen LogP) is 5.14. The van der Waals surface area contributed by atoms with Gasteiger partial charge in [0.15, 0.2) is 17.3 Å². The molecule has 34 heavy (non-hydrogen) atoms. The maximum absolute atomic E-state index is 14.0. The number of aromatic nitrogens is 3. The van der Waals surface area contributed by atoms with Crippen LogP contribution in [0.2, 0.25) is 0 Å². The first-order valence-corrected chi connectivity index (χ1v) is 12.2. The van der Waals surface area contributed by atoms with Crippen LogP contribution in [0.15, 0.2) is 58.9 Å². The molecule has 0 spiro atoms. The number of methoxy groups -OCH3 is 1. The maximum Gasteiger partial charge on any atom is 0.227 e. The molecule has 0 fully saturated rings. The van der Waals surface area contributed by atoms with Gasteiger partial charge in [0.25, 0.3) is 0 Å². The minimum atomic E-state index is -0.410. The Morgan fingerprint density at radius 2 is 2.06 bits per heavy atom. The molecule has 2 heterocycles. The fourth-order valence-corrected chi connectivity index (χ4v) is 4.93. The number of halogens is 1. The zero-order valence-electron chi connectivity index (χ0n) is 19.0. The average molecular weight is 481 g/mol. The maximum atomic E-state index is 14.0. The Morgan fingerprint density at radius 3 is 2.85 bits per heavy atom. The molecule has 1 unspecified atom stereocenters. The number of ketones is 1. The highest BCUT2D eigenvalue weighted by atomic mass is 32.2. The first-order valence-electron chi connectivity index (χ1n) is 11.3. The Bertz CT molecular complexity index is 1270. The van der Waals surface area contributed by atoms with Gasteiger partial charge in [0, 0.05) is 23.3 Å². The van der Waals surface area contributed by atoms with Crippen LogP contribution in [0.25, 0.3) is 0 Å². The number of nitrogens with zero attached hydrogens (tertiary/aromatic N) is 3. The van der Waals surface area contributed by atoms with E-state index in [0.29, 0.717) is 34.6 Å². The van der Waals surface area contributed by atoms with E-state index in [1.165, 1.54) is 6.07 Å². The van der Waals surface area contributed by atoms with Crippen LogP contribution in [0.1, 0.15) is 43.4 Å². The Balaban J connectivity index is 1.52. The van der Waals surface area contributed by atoms with Gasteiger partial charge in [-0.15, -0.1) is 5.10 Å². The molecule has 0 saturated carbocycles. The summed E-state index contributed by atoms with van der Waals surface area (Å²) in [6, 6.07) is 11.7. The van der Waals surface area contributed by atoms with Crippen LogP contribution < -0.4 is 14.8 Å². The van der Waals surface area contributed by atoms with E-state index < -0.39 is 6.04 Å². The summed E-state index contributed by atoms with van der Waals surface area (Å²) in [5, 5.41) is 8.69. The van der Waals surface area contributed by atoms with Gasteiger partial charge >= 0.3 is 0 Å². The highest BCUT2D eigenvalue weighted by Gasteiger charge is 2.37. The van der Waals surface area contributed by atoms with Crippen molar-refractivity contribution in [2.75, 3.05) is 18.2 Å². The number of allylic oxidation sites excluding steroid dienone is 2. The van der Waals surface area contributed by atoms with Gasteiger partial charge in [-0.05, 0) is 42.4 Å². The lowest BCUT2D eigenvalue weighted by Crippen LogP contribution is -2.31. The average Bonchev–Trinajstić information content (AvgIpc) is 3.24. The SMILES string of the molecule is CCSc1nc2n(n1)C(c1ccc(OCc3ccccc3F)c(OC)c1)C1=C(CCCC1=O)N2. The van der Waals surface area contributed by atoms with Gasteiger partial charge in [-0.25, -0.2) is 9.07 Å². The van der Waals surface area contributed by atoms with E-state index in [0.717, 1.165) is 35.4 Å². The van der Waals surface area contributed by atoms with Crippen molar-refractivity contribution in [1.29, 1.82) is 0 Å². The molecule has 2 aromatic carbocycles. The minimum Gasteiger partial charge on any atom is -0.493 e. The molecule has 0 saturated heterocycles. The van der Waals surface area contributed by atoms with E-state index >= 15 is 0 Å². The number of hydrogen-bond donors (Lipinski definition) is 1. The highest BCUT2D eigenvalue weighted by Crippen LogP contribution is 2.42. The van der Waals surface area contributed by atoms with Crippen LogP contribution in [-0.4, -0.2) is 33.4 Å². The molecule has 176 valence electrons. The van der Waals surface area contributed by atoms with Gasteiger partial charge in [-0.1, -0.05) is 43.0 Å². The summed E-state index contributed by atoms with van der Waals surface area (Å²) < 4.78 is 27.3. The molecule has 1 aliphatic heterocycles. The first-order chi connectivity index (χ1) is 16.6. The van der Waals surface area contributed by atoms with Crippen molar-refractivity contribution < 1.29 is 18.7 Å². The van der Waals surface area contributed by atoms with E-state index in [1.54, 1.807) is 47.8 Å². The number of fused-ring (bicyclic) bond motifs is 1. The molecule has 1 aliphatic carbocycles. The smallest absolute Gasteiger partial charge is 0.227 e. The van der Waals surface area contributed by atoms with Gasteiger partial charge in [-0.3, -0.25) is 4.79 Å². The number of nitrogens with one attached hydrogen (secondary N) is 1. The molecule has 1 N–H and O–H groups in total. The fraction of sp³-hybridized carbons (Fsp3) is 0.320. The standard InChI is InChI=1S/C25H25FN4O3S/c1-3-34-25-28-24-27-18-9-6-10-19(31)22(18)23(30(24)29-25)15-11-12-20(21(13-15)32-2)33-14-16-7-4-5-8-17(16)26/h4-5,7-8,11-13,23H,3,6,9-10,14H2,1-2H3,(H,27,28,29). The summed E-state index contributed by atoms with van der Waals surface area (Å²) in [5.41, 5.74) is 2.94. The van der Waals surface area contributed by atoms with Crippen molar-refractivity contribution in [3.05, 3.63) is 70.7 Å². The summed E-state index contributed by atoms with van der Waals surface area (Å²) >= 11 is 1.55. The monoisotopic (exact) mass is 480 g/mol. The number of ether oxygens (including phenoxy) is 2. The third kappa shape index (κ3) is 4.16. The van der Waals surface area contributed by atoms with Crippen LogP contribution in [0.4, 0.5) is 10.3 Å². The highest BCUT2D eigenvalue weighted by molar-refractivity contribution is 7.99. The Hall–Kier alpha value is -3.33. The second-order valence-corrected chi connectivity index (χ2v) is 9.31. The van der Waals surface area contributed by atoms with Crippen LogP contribution in [0, 0.1) is 5.82 Å². The fourth-order valence-electron chi connectivity index (χ4n) is 4.38.